The van der Waals surface area contributed by atoms with Gasteiger partial charge in [-0.05, 0) is 25.3 Å². The second-order valence-electron chi connectivity index (χ2n) is 4.82. The van der Waals surface area contributed by atoms with Crippen LogP contribution in [0.1, 0.15) is 25.0 Å². The lowest BCUT2D eigenvalue weighted by atomic mass is 10.0. The van der Waals surface area contributed by atoms with Crippen LogP contribution < -0.4 is 5.32 Å². The van der Waals surface area contributed by atoms with E-state index in [0.29, 0.717) is 23.6 Å². The highest BCUT2D eigenvalue weighted by atomic mass is 35.5. The van der Waals surface area contributed by atoms with Crippen LogP contribution in [0.25, 0.3) is 0 Å². The molecule has 3 atom stereocenters. The van der Waals surface area contributed by atoms with E-state index in [0.717, 1.165) is 25.1 Å². The van der Waals surface area contributed by atoms with Gasteiger partial charge in [-0.15, -0.1) is 0 Å². The second-order valence-corrected chi connectivity index (χ2v) is 5.23. The maximum Gasteiger partial charge on any atom is 0.0928 e. The minimum atomic E-state index is -0.559. The smallest absolute Gasteiger partial charge is 0.0928 e. The van der Waals surface area contributed by atoms with E-state index < -0.39 is 6.10 Å². The van der Waals surface area contributed by atoms with E-state index in [9.17, 15) is 5.11 Å². The summed E-state index contributed by atoms with van der Waals surface area (Å²) in [5.74, 6) is 0.545. The van der Waals surface area contributed by atoms with E-state index in [4.69, 9.17) is 16.3 Å². The van der Waals surface area contributed by atoms with E-state index in [1.807, 2.05) is 18.2 Å². The van der Waals surface area contributed by atoms with Crippen LogP contribution >= 0.6 is 11.6 Å². The number of benzene rings is 1. The van der Waals surface area contributed by atoms with E-state index in [2.05, 4.69) is 12.2 Å². The van der Waals surface area contributed by atoms with Crippen molar-refractivity contribution in [2.45, 2.75) is 25.6 Å². The van der Waals surface area contributed by atoms with E-state index in [-0.39, 0.29) is 0 Å². The van der Waals surface area contributed by atoms with Crippen LogP contribution in [0, 0.1) is 5.92 Å². The number of hydrogen-bond acceptors (Lipinski definition) is 3. The number of aliphatic hydroxyl groups is 1. The molecule has 1 aliphatic rings. The van der Waals surface area contributed by atoms with Crippen molar-refractivity contribution in [1.82, 2.24) is 5.32 Å². The summed E-state index contributed by atoms with van der Waals surface area (Å²) in [5.41, 5.74) is 0.780. The quantitative estimate of drug-likeness (QED) is 0.862. The Balaban J connectivity index is 1.78. The van der Waals surface area contributed by atoms with Crippen molar-refractivity contribution in [1.29, 1.82) is 0 Å². The zero-order valence-electron chi connectivity index (χ0n) is 10.6. The van der Waals surface area contributed by atoms with Crippen LogP contribution in [0.15, 0.2) is 24.3 Å². The van der Waals surface area contributed by atoms with Gasteiger partial charge in [0, 0.05) is 30.3 Å². The number of nitrogens with one attached hydrogen (secondary N) is 1. The zero-order chi connectivity index (χ0) is 13.0. The highest BCUT2D eigenvalue weighted by Gasteiger charge is 2.23. The van der Waals surface area contributed by atoms with Gasteiger partial charge in [0.2, 0.25) is 0 Å². The Kier molecular flexibility index (Phi) is 5.01. The largest absolute Gasteiger partial charge is 0.387 e. The van der Waals surface area contributed by atoms with Gasteiger partial charge in [0.25, 0.3) is 0 Å². The molecule has 100 valence electrons. The van der Waals surface area contributed by atoms with Gasteiger partial charge in [-0.1, -0.05) is 29.8 Å². The van der Waals surface area contributed by atoms with Crippen molar-refractivity contribution in [3.8, 4) is 0 Å². The van der Waals surface area contributed by atoms with Gasteiger partial charge in [-0.2, -0.15) is 0 Å². The monoisotopic (exact) mass is 269 g/mol. The molecule has 1 aromatic carbocycles. The van der Waals surface area contributed by atoms with Crippen LogP contribution in [-0.4, -0.2) is 30.9 Å². The number of hydrogen-bond donors (Lipinski definition) is 2. The number of rotatable bonds is 5. The molecular weight excluding hydrogens is 250 g/mol. The molecule has 0 aromatic heterocycles. The predicted octanol–water partition coefficient (Wildman–Crippen LogP) is 2.39. The summed E-state index contributed by atoms with van der Waals surface area (Å²) in [6.07, 6.45) is 0.849. The first-order valence-corrected chi connectivity index (χ1v) is 6.81. The highest BCUT2D eigenvalue weighted by molar-refractivity contribution is 6.31. The molecule has 18 heavy (non-hydrogen) atoms. The van der Waals surface area contributed by atoms with E-state index in [1.165, 1.54) is 0 Å². The molecule has 3 unspecified atom stereocenters. The van der Waals surface area contributed by atoms with Crippen molar-refractivity contribution in [3.05, 3.63) is 34.9 Å². The Hall–Kier alpha value is -0.610. The molecule has 0 amide bonds. The Bertz CT molecular complexity index is 386. The Morgan fingerprint density at radius 3 is 2.94 bits per heavy atom. The molecule has 0 saturated carbocycles. The van der Waals surface area contributed by atoms with E-state index >= 15 is 0 Å². The molecule has 0 bridgehead atoms. The summed E-state index contributed by atoms with van der Waals surface area (Å²) in [7, 11) is 0. The van der Waals surface area contributed by atoms with Crippen LogP contribution in [0.3, 0.4) is 0 Å². The van der Waals surface area contributed by atoms with Crippen molar-refractivity contribution < 1.29 is 9.84 Å². The fourth-order valence-corrected chi connectivity index (χ4v) is 2.57. The molecule has 2 N–H and O–H groups in total. The van der Waals surface area contributed by atoms with E-state index in [1.54, 1.807) is 6.07 Å². The van der Waals surface area contributed by atoms with Crippen molar-refractivity contribution in [2.75, 3.05) is 19.7 Å². The molecule has 0 radical (unpaired) electrons. The molecule has 1 fully saturated rings. The van der Waals surface area contributed by atoms with Crippen molar-refractivity contribution in [3.63, 3.8) is 0 Å². The summed E-state index contributed by atoms with van der Waals surface area (Å²) in [6, 6.07) is 7.41. The molecule has 3 nitrogen and oxygen atoms in total. The Labute approximate surface area is 113 Å². The first kappa shape index (κ1) is 13.8. The molecular formula is C14H20ClNO2. The number of aliphatic hydroxyl groups excluding tert-OH is 1. The molecule has 0 spiro atoms. The first-order valence-electron chi connectivity index (χ1n) is 6.43. The number of halogens is 1. The lowest BCUT2D eigenvalue weighted by Crippen LogP contribution is -2.30. The average molecular weight is 270 g/mol. The maximum atomic E-state index is 10.1. The van der Waals surface area contributed by atoms with Crippen LogP contribution in [0.4, 0.5) is 0 Å². The van der Waals surface area contributed by atoms with Crippen molar-refractivity contribution in [2.24, 2.45) is 5.92 Å². The lowest BCUT2D eigenvalue weighted by molar-refractivity contribution is 0.103. The van der Waals surface area contributed by atoms with Gasteiger partial charge in [-0.3, -0.25) is 0 Å². The fraction of sp³-hybridized carbons (Fsp3) is 0.571. The minimum absolute atomic E-state index is 0.315. The predicted molar refractivity (Wildman–Crippen MR) is 72.8 cm³/mol. The van der Waals surface area contributed by atoms with Gasteiger partial charge >= 0.3 is 0 Å². The third kappa shape index (κ3) is 3.45. The normalized spacial score (nSPS) is 25.3. The van der Waals surface area contributed by atoms with Crippen LogP contribution in [0.2, 0.25) is 5.02 Å². The Morgan fingerprint density at radius 1 is 1.50 bits per heavy atom. The molecule has 2 rings (SSSR count). The molecule has 0 aliphatic carbocycles. The fourth-order valence-electron chi connectivity index (χ4n) is 2.30. The van der Waals surface area contributed by atoms with Crippen LogP contribution in [0.5, 0.6) is 0 Å². The Morgan fingerprint density at radius 2 is 2.28 bits per heavy atom. The van der Waals surface area contributed by atoms with Gasteiger partial charge in [0.1, 0.15) is 0 Å². The van der Waals surface area contributed by atoms with Gasteiger partial charge in [-0.25, -0.2) is 0 Å². The zero-order valence-corrected chi connectivity index (χ0v) is 11.4. The maximum absolute atomic E-state index is 10.1. The van der Waals surface area contributed by atoms with Gasteiger partial charge < -0.3 is 15.2 Å². The van der Waals surface area contributed by atoms with Crippen LogP contribution in [-0.2, 0) is 4.74 Å². The first-order chi connectivity index (χ1) is 8.68. The minimum Gasteiger partial charge on any atom is -0.387 e. The third-order valence-electron chi connectivity index (χ3n) is 3.54. The topological polar surface area (TPSA) is 41.5 Å². The molecule has 4 heteroatoms. The summed E-state index contributed by atoms with van der Waals surface area (Å²) < 4.78 is 5.50. The van der Waals surface area contributed by atoms with Crippen molar-refractivity contribution >= 4 is 11.6 Å². The summed E-state index contributed by atoms with van der Waals surface area (Å²) in [6.45, 7) is 4.35. The molecule has 1 aliphatic heterocycles. The second kappa shape index (κ2) is 6.53. The third-order valence-corrected chi connectivity index (χ3v) is 3.89. The SMILES string of the molecule is CC1OCCC1CNCC(O)c1ccccc1Cl. The summed E-state index contributed by atoms with van der Waals surface area (Å²) >= 11 is 6.04. The number of ether oxygens (including phenoxy) is 1. The van der Waals surface area contributed by atoms with Gasteiger partial charge in [0.05, 0.1) is 12.2 Å². The standard InChI is InChI=1S/C14H20ClNO2/c1-10-11(6-7-18-10)8-16-9-14(17)12-4-2-3-5-13(12)15/h2-5,10-11,14,16-17H,6-9H2,1H3. The highest BCUT2D eigenvalue weighted by Crippen LogP contribution is 2.23. The van der Waals surface area contributed by atoms with Gasteiger partial charge in [0.15, 0.2) is 0 Å². The average Bonchev–Trinajstić information content (AvgIpc) is 2.75. The molecule has 1 aromatic rings. The molecule has 1 saturated heterocycles. The summed E-state index contributed by atoms with van der Waals surface area (Å²) in [5, 5.41) is 14.0. The summed E-state index contributed by atoms with van der Waals surface area (Å²) in [4.78, 5) is 0. The lowest BCUT2D eigenvalue weighted by Gasteiger charge is -2.17. The molecule has 1 heterocycles.